The van der Waals surface area contributed by atoms with Crippen molar-refractivity contribution in [3.8, 4) is 0 Å². The zero-order chi connectivity index (χ0) is 16.4. The molecule has 3 heterocycles. The first kappa shape index (κ1) is 16.6. The topological polar surface area (TPSA) is 24.3 Å². The molecule has 0 N–H and O–H groups in total. The predicted molar refractivity (Wildman–Crippen MR) is 92.3 cm³/mol. The van der Waals surface area contributed by atoms with E-state index in [1.807, 2.05) is 12.4 Å². The van der Waals surface area contributed by atoms with Crippen LogP contribution in [0, 0.1) is 6.92 Å². The van der Waals surface area contributed by atoms with Crippen LogP contribution in [0.15, 0.2) is 23.8 Å². The van der Waals surface area contributed by atoms with E-state index in [2.05, 4.69) is 51.8 Å². The van der Waals surface area contributed by atoms with Crippen LogP contribution in [0.3, 0.4) is 0 Å². The van der Waals surface area contributed by atoms with Crippen molar-refractivity contribution in [2.45, 2.75) is 38.6 Å². The van der Waals surface area contributed by atoms with E-state index < -0.39 is 6.17 Å². The van der Waals surface area contributed by atoms with E-state index in [9.17, 15) is 4.39 Å². The SMILES string of the molecule is Cc1ncsc1CN1C[C@@H](F)C[C@H]1CN(C)Cc1cccn1C. The van der Waals surface area contributed by atoms with E-state index in [0.29, 0.717) is 13.0 Å². The zero-order valence-electron chi connectivity index (χ0n) is 14.1. The van der Waals surface area contributed by atoms with E-state index in [0.717, 1.165) is 25.3 Å². The smallest absolute Gasteiger partial charge is 0.114 e. The molecule has 1 fully saturated rings. The number of aromatic nitrogens is 2. The van der Waals surface area contributed by atoms with Gasteiger partial charge in [-0.25, -0.2) is 9.37 Å². The molecule has 2 aromatic rings. The molecule has 6 heteroatoms. The third-order valence-electron chi connectivity index (χ3n) is 4.67. The van der Waals surface area contributed by atoms with Gasteiger partial charge in [-0.3, -0.25) is 9.80 Å². The third kappa shape index (κ3) is 4.00. The van der Waals surface area contributed by atoms with Gasteiger partial charge in [0.2, 0.25) is 0 Å². The van der Waals surface area contributed by atoms with Crippen molar-refractivity contribution in [2.75, 3.05) is 20.1 Å². The van der Waals surface area contributed by atoms with Crippen LogP contribution in [-0.4, -0.2) is 51.7 Å². The van der Waals surface area contributed by atoms with Gasteiger partial charge in [0, 0.05) is 56.0 Å². The second-order valence-corrected chi connectivity index (χ2v) is 7.52. The highest BCUT2D eigenvalue weighted by Crippen LogP contribution is 2.25. The molecular weight excluding hydrogens is 311 g/mol. The van der Waals surface area contributed by atoms with Gasteiger partial charge in [-0.15, -0.1) is 11.3 Å². The second kappa shape index (κ2) is 7.11. The first-order valence-corrected chi connectivity index (χ1v) is 8.96. The lowest BCUT2D eigenvalue weighted by Crippen LogP contribution is -2.38. The number of aryl methyl sites for hydroxylation is 2. The summed E-state index contributed by atoms with van der Waals surface area (Å²) in [7, 11) is 4.18. The van der Waals surface area contributed by atoms with Crippen LogP contribution in [0.5, 0.6) is 0 Å². The van der Waals surface area contributed by atoms with Crippen molar-refractivity contribution in [1.82, 2.24) is 19.4 Å². The van der Waals surface area contributed by atoms with Gasteiger partial charge in [-0.05, 0) is 32.5 Å². The van der Waals surface area contributed by atoms with Crippen LogP contribution in [0.4, 0.5) is 4.39 Å². The van der Waals surface area contributed by atoms with Gasteiger partial charge >= 0.3 is 0 Å². The van der Waals surface area contributed by atoms with Crippen LogP contribution in [0.25, 0.3) is 0 Å². The second-order valence-electron chi connectivity index (χ2n) is 6.58. The van der Waals surface area contributed by atoms with Crippen molar-refractivity contribution in [3.05, 3.63) is 40.1 Å². The molecule has 2 aromatic heterocycles. The molecule has 1 saturated heterocycles. The first-order chi connectivity index (χ1) is 11.0. The molecular formula is C17H25FN4S. The fourth-order valence-corrected chi connectivity index (χ4v) is 4.13. The number of likely N-dealkylation sites (N-methyl/N-ethyl adjacent to an activating group) is 1. The predicted octanol–water partition coefficient (Wildman–Crippen LogP) is 2.83. The van der Waals surface area contributed by atoms with E-state index in [1.54, 1.807) is 11.3 Å². The molecule has 0 spiro atoms. The Morgan fingerprint density at radius 2 is 2.30 bits per heavy atom. The molecule has 0 aromatic carbocycles. The minimum Gasteiger partial charge on any atom is -0.353 e. The molecule has 1 aliphatic rings. The number of hydrogen-bond acceptors (Lipinski definition) is 4. The van der Waals surface area contributed by atoms with Gasteiger partial charge in [0.15, 0.2) is 0 Å². The average Bonchev–Trinajstić information content (AvgIpc) is 3.16. The van der Waals surface area contributed by atoms with Gasteiger partial charge in [0.1, 0.15) is 6.17 Å². The summed E-state index contributed by atoms with van der Waals surface area (Å²) in [5, 5.41) is 0. The third-order valence-corrected chi connectivity index (χ3v) is 5.59. The van der Waals surface area contributed by atoms with E-state index in [1.165, 1.54) is 10.6 Å². The summed E-state index contributed by atoms with van der Waals surface area (Å²) < 4.78 is 16.1. The number of nitrogens with zero attached hydrogens (tertiary/aromatic N) is 4. The summed E-state index contributed by atoms with van der Waals surface area (Å²) in [6, 6.07) is 4.48. The number of rotatable bonds is 6. The molecule has 126 valence electrons. The zero-order valence-corrected chi connectivity index (χ0v) is 14.9. The van der Waals surface area contributed by atoms with E-state index >= 15 is 0 Å². The molecule has 23 heavy (non-hydrogen) atoms. The molecule has 1 aliphatic heterocycles. The van der Waals surface area contributed by atoms with Crippen LogP contribution >= 0.6 is 11.3 Å². The van der Waals surface area contributed by atoms with Crippen molar-refractivity contribution in [2.24, 2.45) is 7.05 Å². The Balaban J connectivity index is 1.60. The Hall–Kier alpha value is -1.24. The van der Waals surface area contributed by atoms with Gasteiger partial charge in [-0.2, -0.15) is 0 Å². The number of thiazole rings is 1. The molecule has 0 radical (unpaired) electrons. The first-order valence-electron chi connectivity index (χ1n) is 8.08. The summed E-state index contributed by atoms with van der Waals surface area (Å²) in [5.74, 6) is 0. The average molecular weight is 336 g/mol. The quantitative estimate of drug-likeness (QED) is 0.811. The lowest BCUT2D eigenvalue weighted by atomic mass is 10.2. The highest BCUT2D eigenvalue weighted by molar-refractivity contribution is 7.09. The number of likely N-dealkylation sites (tertiary alicyclic amines) is 1. The molecule has 0 amide bonds. The molecule has 3 rings (SSSR count). The van der Waals surface area contributed by atoms with E-state index in [4.69, 9.17) is 0 Å². The number of hydrogen-bond donors (Lipinski definition) is 0. The number of halogens is 1. The van der Waals surface area contributed by atoms with Crippen molar-refractivity contribution < 1.29 is 4.39 Å². The molecule has 2 atom stereocenters. The largest absolute Gasteiger partial charge is 0.353 e. The van der Waals surface area contributed by atoms with Gasteiger partial charge in [-0.1, -0.05) is 0 Å². The Morgan fingerprint density at radius 1 is 1.48 bits per heavy atom. The Kier molecular flexibility index (Phi) is 5.14. The van der Waals surface area contributed by atoms with Gasteiger partial charge in [0.05, 0.1) is 11.2 Å². The normalized spacial score (nSPS) is 22.3. The fourth-order valence-electron chi connectivity index (χ4n) is 3.33. The molecule has 0 saturated carbocycles. The van der Waals surface area contributed by atoms with Crippen LogP contribution in [0.2, 0.25) is 0 Å². The minimum absolute atomic E-state index is 0.275. The maximum absolute atomic E-state index is 14.0. The Morgan fingerprint density at radius 3 is 2.96 bits per heavy atom. The van der Waals surface area contributed by atoms with Crippen LogP contribution < -0.4 is 0 Å². The monoisotopic (exact) mass is 336 g/mol. The summed E-state index contributed by atoms with van der Waals surface area (Å²) in [5.41, 5.74) is 4.24. The lowest BCUT2D eigenvalue weighted by Gasteiger charge is -2.28. The summed E-state index contributed by atoms with van der Waals surface area (Å²) in [6.07, 6.45) is 1.99. The summed E-state index contributed by atoms with van der Waals surface area (Å²) >= 11 is 1.67. The van der Waals surface area contributed by atoms with Crippen LogP contribution in [-0.2, 0) is 20.1 Å². The maximum atomic E-state index is 14.0. The molecule has 0 unspecified atom stereocenters. The highest BCUT2D eigenvalue weighted by atomic mass is 32.1. The molecule has 0 bridgehead atoms. The van der Waals surface area contributed by atoms with E-state index in [-0.39, 0.29) is 6.04 Å². The molecule has 0 aliphatic carbocycles. The van der Waals surface area contributed by atoms with Gasteiger partial charge < -0.3 is 4.57 Å². The van der Waals surface area contributed by atoms with Crippen molar-refractivity contribution in [3.63, 3.8) is 0 Å². The maximum Gasteiger partial charge on any atom is 0.114 e. The summed E-state index contributed by atoms with van der Waals surface area (Å²) in [6.45, 7) is 5.18. The Bertz CT molecular complexity index is 638. The lowest BCUT2D eigenvalue weighted by molar-refractivity contribution is 0.180. The fraction of sp³-hybridized carbons (Fsp3) is 0.588. The molecule has 4 nitrogen and oxygen atoms in total. The number of alkyl halides is 1. The van der Waals surface area contributed by atoms with Crippen molar-refractivity contribution in [1.29, 1.82) is 0 Å². The Labute approximate surface area is 141 Å². The summed E-state index contributed by atoms with van der Waals surface area (Å²) in [4.78, 5) is 10.1. The standard InChI is InChI=1S/C17H25FN4S/c1-13-17(23-12-19-13)11-22-8-14(18)7-16(22)10-20(2)9-15-5-4-6-21(15)3/h4-6,12,14,16H,7-11H2,1-3H3/t14-,16-/m0/s1. The highest BCUT2D eigenvalue weighted by Gasteiger charge is 2.33. The van der Waals surface area contributed by atoms with Crippen molar-refractivity contribution >= 4 is 11.3 Å². The van der Waals surface area contributed by atoms with Gasteiger partial charge in [0.25, 0.3) is 0 Å². The van der Waals surface area contributed by atoms with Crippen LogP contribution in [0.1, 0.15) is 22.7 Å². The minimum atomic E-state index is -0.711.